The molecule has 698 valence electrons. The maximum absolute atomic E-state index is 14.1. The summed E-state index contributed by atoms with van der Waals surface area (Å²) in [4.78, 5) is 111. The lowest BCUT2D eigenvalue weighted by molar-refractivity contribution is 0.0973. The Morgan fingerprint density at radius 3 is 1.11 bits per heavy atom. The van der Waals surface area contributed by atoms with Crippen molar-refractivity contribution < 1.29 is 38.2 Å². The van der Waals surface area contributed by atoms with Crippen LogP contribution in [0.3, 0.4) is 0 Å². The summed E-state index contributed by atoms with van der Waals surface area (Å²) in [6.07, 6.45) is 29.9. The largest absolute Gasteiger partial charge is 0.475 e. The van der Waals surface area contributed by atoms with Crippen molar-refractivity contribution in [3.05, 3.63) is 289 Å². The van der Waals surface area contributed by atoms with E-state index < -0.39 is 14.2 Å². The molecule has 0 atom stereocenters. The monoisotopic (exact) mass is 1950 g/mol. The van der Waals surface area contributed by atoms with Gasteiger partial charge in [0, 0.05) is 105 Å². The van der Waals surface area contributed by atoms with Gasteiger partial charge < -0.3 is 62.6 Å². The van der Waals surface area contributed by atoms with Crippen molar-refractivity contribution in [1.29, 1.82) is 0 Å². The van der Waals surface area contributed by atoms with E-state index in [-0.39, 0.29) is 102 Å². The molecule has 0 unspecified atom stereocenters. The van der Waals surface area contributed by atoms with Crippen LogP contribution in [0.25, 0.3) is 66.4 Å². The Balaban J connectivity index is 0.000000117. The Morgan fingerprint density at radius 1 is 0.431 bits per heavy atom. The molecule has 16 aromatic rings. The number of rotatable bonds is 20. The fraction of sp³-hybridized carbons (Fsp3) is 0.294. The molecule has 3 N–H and O–H groups in total. The van der Waals surface area contributed by atoms with Crippen molar-refractivity contribution in [2.24, 2.45) is 0 Å². The van der Waals surface area contributed by atoms with Crippen LogP contribution >= 0.6 is 58.0 Å². The zero-order valence-corrected chi connectivity index (χ0v) is 81.6. The molecule has 29 nitrogen and oxygen atoms in total. The van der Waals surface area contributed by atoms with Crippen molar-refractivity contribution in [2.45, 2.75) is 142 Å². The van der Waals surface area contributed by atoms with E-state index in [1.54, 1.807) is 14.7 Å². The highest BCUT2D eigenvalue weighted by molar-refractivity contribution is 6.74. The Hall–Kier alpha value is -13.2. The third kappa shape index (κ3) is 19.2. The van der Waals surface area contributed by atoms with Gasteiger partial charge in [-0.1, -0.05) is 78.8 Å². The van der Waals surface area contributed by atoms with Crippen molar-refractivity contribution in [3.63, 3.8) is 0 Å². The number of nitrogens with zero attached hydrogens (tertiary/aromatic N) is 20. The lowest BCUT2D eigenvalue weighted by Gasteiger charge is -2.37. The molecular weight excluding hydrogens is 1850 g/mol. The summed E-state index contributed by atoms with van der Waals surface area (Å²) in [5, 5.41) is 14.1. The van der Waals surface area contributed by atoms with E-state index in [1.807, 2.05) is 107 Å². The van der Waals surface area contributed by atoms with Crippen LogP contribution in [0.1, 0.15) is 182 Å². The van der Waals surface area contributed by atoms with E-state index in [9.17, 15) is 24.3 Å². The number of hydrogen-bond acceptors (Lipinski definition) is 21. The second-order valence-electron chi connectivity index (χ2n) is 36.7. The minimum Gasteiger partial charge on any atom is -0.475 e. The molecule has 0 spiro atoms. The summed E-state index contributed by atoms with van der Waals surface area (Å²) in [5.41, 5.74) is 27.0. The van der Waals surface area contributed by atoms with Crippen LogP contribution in [0.2, 0.25) is 43.9 Å². The molecule has 0 saturated heterocycles. The van der Waals surface area contributed by atoms with Gasteiger partial charge in [-0.25, -0.2) is 39.9 Å². The number of carbonyl (C=O) groups excluding carboxylic acids is 4. The molecule has 4 fully saturated rings. The number of ether oxygens (including phenoxy) is 2. The van der Waals surface area contributed by atoms with Gasteiger partial charge in [0.1, 0.15) is 92.4 Å². The molecule has 137 heavy (non-hydrogen) atoms. The number of anilines is 5. The zero-order valence-electron chi connectivity index (χ0n) is 76.8. The predicted octanol–water partition coefficient (Wildman–Crippen LogP) is 21.2. The van der Waals surface area contributed by atoms with Gasteiger partial charge in [0.15, 0.2) is 8.32 Å². The van der Waals surface area contributed by atoms with Crippen LogP contribution in [0, 0.1) is 27.7 Å². The first kappa shape index (κ1) is 92.9. The van der Waals surface area contributed by atoms with Gasteiger partial charge in [-0.05, 0) is 264 Å². The topological polar surface area (TPSA) is 330 Å². The summed E-state index contributed by atoms with van der Waals surface area (Å²) < 4.78 is 26.6. The summed E-state index contributed by atoms with van der Waals surface area (Å²) in [7, 11) is -2.03. The third-order valence-corrected chi connectivity index (χ3v) is 32.1. The van der Waals surface area contributed by atoms with Crippen LogP contribution in [0.15, 0.2) is 196 Å². The number of halogens is 5. The summed E-state index contributed by atoms with van der Waals surface area (Å²) in [6.45, 7) is 21.0. The normalized spacial score (nSPS) is 14.9. The Bertz CT molecular complexity index is 7110. The molecule has 4 saturated carbocycles. The Kier molecular flexibility index (Phi) is 26.0. The maximum Gasteiger partial charge on any atom is 0.267 e. The molecule has 22 rings (SSSR count). The second-order valence-corrected chi connectivity index (χ2v) is 43.3. The first-order valence-electron chi connectivity index (χ1n) is 45.6. The number of nitrogens with two attached hydrogens (primary N) is 1. The van der Waals surface area contributed by atoms with Crippen molar-refractivity contribution >= 4 is 162 Å². The molecule has 6 aliphatic rings. The fourth-order valence-corrected chi connectivity index (χ4v) is 19.6. The van der Waals surface area contributed by atoms with Crippen molar-refractivity contribution in [3.8, 4) is 34.5 Å². The molecule has 35 heteroatoms. The standard InChI is InChI=1S/C30H35Cl2N5O2Si.C24H21Cl2N5O2.C24H20ClN5O2.C24H22N6O2/c1-19-7-10-22(17-33-19)36-12-11-21-15-23(16-24(26(21)36)20-8-9-20)37(13-14-39-40(5,6)30(2,3)4)29(38)25-27(31)34-18-35-28(25)32;1-14-2-5-17(12-27-14)30-7-6-16-10-18(11-19(21(16)30)15-3-4-15)31(8-9-32)24(33)20-22(25)28-13-29-23(20)26;2*1-14-2-5-17(12-26-14)29-7-6-16-10-18(11-19(21(16)29)15-3-4-15)30-8-9-32-23-20(24(30)31)22(25)27-13-28-23/h7,10-12,15-18,20H,8-9,13-14H2,1-6H3;2,5-7,10-13,15,32H,3-4,8-9H2,1H3;2,5-7,10-13,15H,3-4,8-9H2,1H3;2,5-7,10-13,15H,3-4,8-9H2,1H3,(H2,25,27,28). The number of amides is 4. The number of aliphatic hydroxyl groups is 1. The van der Waals surface area contributed by atoms with Crippen molar-refractivity contribution in [1.82, 2.24) is 78.1 Å². The highest BCUT2D eigenvalue weighted by Gasteiger charge is 2.41. The lowest BCUT2D eigenvalue weighted by Crippen LogP contribution is -2.43. The van der Waals surface area contributed by atoms with Gasteiger partial charge in [-0.2, -0.15) is 0 Å². The highest BCUT2D eigenvalue weighted by Crippen LogP contribution is 2.51. The van der Waals surface area contributed by atoms with Crippen LogP contribution in [0.5, 0.6) is 11.8 Å². The number of aryl methyl sites for hydroxylation is 4. The predicted molar refractivity (Wildman–Crippen MR) is 537 cm³/mol. The van der Waals surface area contributed by atoms with E-state index >= 15 is 0 Å². The van der Waals surface area contributed by atoms with Gasteiger partial charge in [0.2, 0.25) is 11.8 Å². The molecule has 0 bridgehead atoms. The van der Waals surface area contributed by atoms with Gasteiger partial charge in [0.25, 0.3) is 23.6 Å². The number of aliphatic hydroxyl groups excluding tert-OH is 1. The van der Waals surface area contributed by atoms with Crippen LogP contribution in [0.4, 0.5) is 28.6 Å². The van der Waals surface area contributed by atoms with E-state index in [1.165, 1.54) is 57.9 Å². The maximum atomic E-state index is 14.1. The number of pyridine rings is 4. The van der Waals surface area contributed by atoms with E-state index in [0.717, 1.165) is 152 Å². The quantitative estimate of drug-likeness (QED) is 0.0529. The van der Waals surface area contributed by atoms with E-state index in [2.05, 4.69) is 203 Å². The van der Waals surface area contributed by atoms with E-state index in [4.69, 9.17) is 77.6 Å². The van der Waals surface area contributed by atoms with Gasteiger partial charge in [0.05, 0.1) is 95.9 Å². The second kappa shape index (κ2) is 38.4. The van der Waals surface area contributed by atoms with Crippen LogP contribution in [-0.2, 0) is 4.43 Å². The fourth-order valence-electron chi connectivity index (χ4n) is 17.4. The molecular formula is C102H98Cl5N21O8Si. The smallest absolute Gasteiger partial charge is 0.267 e. The Labute approximate surface area is 816 Å². The van der Waals surface area contributed by atoms with Gasteiger partial charge in [-0.15, -0.1) is 0 Å². The van der Waals surface area contributed by atoms with Crippen LogP contribution < -0.4 is 34.8 Å². The molecule has 4 aromatic carbocycles. The molecule has 12 aromatic heterocycles. The highest BCUT2D eigenvalue weighted by atomic mass is 35.5. The lowest BCUT2D eigenvalue weighted by atomic mass is 10.0. The number of benzene rings is 4. The molecule has 4 amide bonds. The number of aromatic nitrogens is 16. The van der Waals surface area contributed by atoms with Crippen LogP contribution in [-0.4, -0.2) is 168 Å². The number of fused-ring (bicyclic) bond motifs is 6. The first-order valence-corrected chi connectivity index (χ1v) is 50.4. The van der Waals surface area contributed by atoms with Gasteiger partial charge in [-0.3, -0.25) is 39.1 Å². The zero-order chi connectivity index (χ0) is 95.6. The number of nitrogen functional groups attached to an aromatic ring is 1. The minimum absolute atomic E-state index is 0.0191. The summed E-state index contributed by atoms with van der Waals surface area (Å²) in [6, 6.07) is 41.2. The van der Waals surface area contributed by atoms with Crippen molar-refractivity contribution in [2.75, 3.05) is 77.9 Å². The minimum atomic E-state index is -2.03. The number of carbonyl (C=O) groups is 4. The molecule has 14 heterocycles. The van der Waals surface area contributed by atoms with E-state index in [0.29, 0.717) is 68.8 Å². The molecule has 2 aliphatic heterocycles. The third-order valence-electron chi connectivity index (χ3n) is 26.2. The first-order chi connectivity index (χ1) is 66.0. The summed E-state index contributed by atoms with van der Waals surface area (Å²) in [5.74, 6) is 1.15. The molecule has 4 aliphatic carbocycles. The molecule has 0 radical (unpaired) electrons. The van der Waals surface area contributed by atoms with Gasteiger partial charge >= 0.3 is 0 Å². The Morgan fingerprint density at radius 2 is 0.759 bits per heavy atom. The summed E-state index contributed by atoms with van der Waals surface area (Å²) >= 11 is 31.3. The SMILES string of the molecule is Cc1ccc(-n2ccc3cc(N(CCO)C(=O)c4c(Cl)ncnc4Cl)cc(C4CC4)c32)cn1.Cc1ccc(-n2ccc3cc(N(CCO[Si](C)(C)C(C)(C)C)C(=O)c4c(Cl)ncnc4Cl)cc(C4CC4)c32)cn1.Cc1ccc(-n2ccc3cc(N4CCOc5ncnc(Cl)c5C4=O)cc(C4CC4)c32)cn1.Cc1ccc(-n2ccc3cc(N4CCOc5ncnc(N)c5C4=O)cc(C4CC4)c32)cn1. The number of hydrogen-bond donors (Lipinski definition) is 2. The average molecular weight is 1950 g/mol. The average Bonchev–Trinajstić information content (AvgIpc) is 1.62.